The number of hydrogen-bond acceptors (Lipinski definition) is 5. The number of likely N-dealkylation sites (N-methyl/N-ethyl adjacent to an activating group) is 1. The quantitative estimate of drug-likeness (QED) is 0.648. The molecule has 0 atom stereocenters. The molecule has 0 spiro atoms. The molecule has 0 radical (unpaired) electrons. The summed E-state index contributed by atoms with van der Waals surface area (Å²) in [5.41, 5.74) is 0.649. The second-order valence-corrected chi connectivity index (χ2v) is 8.67. The van der Waals surface area contributed by atoms with E-state index in [-0.39, 0.29) is 23.0 Å². The molecule has 0 aromatic heterocycles. The first kappa shape index (κ1) is 21.6. The Balaban J connectivity index is 2.20. The number of carbonyl (C=O) groups excluding carboxylic acids is 1. The Morgan fingerprint density at radius 2 is 1.96 bits per heavy atom. The molecule has 0 heterocycles. The van der Waals surface area contributed by atoms with Gasteiger partial charge in [0.1, 0.15) is 5.75 Å². The highest BCUT2D eigenvalue weighted by Crippen LogP contribution is 2.28. The predicted molar refractivity (Wildman–Crippen MR) is 109 cm³/mol. The van der Waals surface area contributed by atoms with Gasteiger partial charge in [0.15, 0.2) is 0 Å². The van der Waals surface area contributed by atoms with Crippen LogP contribution in [0.2, 0.25) is 5.02 Å². The van der Waals surface area contributed by atoms with Crippen molar-refractivity contribution in [1.82, 2.24) is 4.31 Å². The summed E-state index contributed by atoms with van der Waals surface area (Å²) < 4.78 is 31.9. The third-order valence-electron chi connectivity index (χ3n) is 3.81. The monoisotopic (exact) mass is 428 g/mol. The standard InChI is InChI=1S/C18H21ClN2O4S2/c1-4-21(12-18(22)20-15-7-5-6-8-17(15)26-3)27(23,24)13-9-10-16(25-2)14(19)11-13/h5-11H,4,12H2,1-3H3,(H,20,22). The van der Waals surface area contributed by atoms with E-state index in [1.54, 1.807) is 13.0 Å². The highest BCUT2D eigenvalue weighted by Gasteiger charge is 2.26. The first-order valence-electron chi connectivity index (χ1n) is 8.10. The maximum absolute atomic E-state index is 12.9. The van der Waals surface area contributed by atoms with Crippen LogP contribution < -0.4 is 10.1 Å². The molecule has 2 aromatic rings. The van der Waals surface area contributed by atoms with Crippen molar-refractivity contribution >= 4 is 45.0 Å². The van der Waals surface area contributed by atoms with E-state index in [1.807, 2.05) is 24.5 Å². The number of amides is 1. The number of thioether (sulfide) groups is 1. The summed E-state index contributed by atoms with van der Waals surface area (Å²) >= 11 is 7.54. The van der Waals surface area contributed by atoms with Crippen molar-refractivity contribution in [2.45, 2.75) is 16.7 Å². The maximum atomic E-state index is 12.9. The van der Waals surface area contributed by atoms with Crippen molar-refractivity contribution in [1.29, 1.82) is 0 Å². The van der Waals surface area contributed by atoms with E-state index < -0.39 is 15.9 Å². The largest absolute Gasteiger partial charge is 0.495 e. The van der Waals surface area contributed by atoms with Crippen LogP contribution in [0.3, 0.4) is 0 Å². The van der Waals surface area contributed by atoms with E-state index in [4.69, 9.17) is 16.3 Å². The molecule has 27 heavy (non-hydrogen) atoms. The van der Waals surface area contributed by atoms with Crippen molar-refractivity contribution in [3.05, 3.63) is 47.5 Å². The molecule has 1 N–H and O–H groups in total. The van der Waals surface area contributed by atoms with Crippen molar-refractivity contribution in [3.8, 4) is 5.75 Å². The molecule has 0 aliphatic heterocycles. The van der Waals surface area contributed by atoms with Crippen molar-refractivity contribution < 1.29 is 17.9 Å². The van der Waals surface area contributed by atoms with Crippen LogP contribution >= 0.6 is 23.4 Å². The molecule has 0 fully saturated rings. The molecule has 0 aliphatic carbocycles. The number of methoxy groups -OCH3 is 1. The van der Waals surface area contributed by atoms with E-state index in [2.05, 4.69) is 5.32 Å². The molecule has 0 saturated carbocycles. The lowest BCUT2D eigenvalue weighted by Gasteiger charge is -2.21. The van der Waals surface area contributed by atoms with Crippen molar-refractivity contribution in [3.63, 3.8) is 0 Å². The fourth-order valence-electron chi connectivity index (χ4n) is 2.42. The zero-order chi connectivity index (χ0) is 20.0. The number of sulfonamides is 1. The second-order valence-electron chi connectivity index (χ2n) is 5.48. The van der Waals surface area contributed by atoms with Gasteiger partial charge in [0.2, 0.25) is 15.9 Å². The Hall–Kier alpha value is -1.74. The molecule has 146 valence electrons. The molecule has 0 bridgehead atoms. The summed E-state index contributed by atoms with van der Waals surface area (Å²) in [5, 5.41) is 2.96. The normalized spacial score (nSPS) is 11.4. The van der Waals surface area contributed by atoms with Crippen LogP contribution in [0.1, 0.15) is 6.92 Å². The fourth-order valence-corrected chi connectivity index (χ4v) is 4.73. The molecule has 2 rings (SSSR count). The number of benzene rings is 2. The minimum Gasteiger partial charge on any atom is -0.495 e. The predicted octanol–water partition coefficient (Wildman–Crippen LogP) is 3.72. The summed E-state index contributed by atoms with van der Waals surface area (Å²) in [4.78, 5) is 13.3. The Morgan fingerprint density at radius 1 is 1.26 bits per heavy atom. The van der Waals surface area contributed by atoms with Crippen LogP contribution in [-0.4, -0.2) is 45.1 Å². The van der Waals surface area contributed by atoms with Crippen molar-refractivity contribution in [2.24, 2.45) is 0 Å². The van der Waals surface area contributed by atoms with Crippen LogP contribution in [-0.2, 0) is 14.8 Å². The van der Waals surface area contributed by atoms with E-state index in [0.29, 0.717) is 11.4 Å². The van der Waals surface area contributed by atoms with E-state index >= 15 is 0 Å². The number of carbonyl (C=O) groups is 1. The van der Waals surface area contributed by atoms with Gasteiger partial charge in [0, 0.05) is 11.4 Å². The first-order chi connectivity index (χ1) is 12.8. The van der Waals surface area contributed by atoms with Crippen LogP contribution in [0.15, 0.2) is 52.3 Å². The molecule has 6 nitrogen and oxygen atoms in total. The lowest BCUT2D eigenvalue weighted by atomic mass is 10.3. The zero-order valence-electron chi connectivity index (χ0n) is 15.2. The number of hydrogen-bond donors (Lipinski definition) is 1. The Kier molecular flexibility index (Phi) is 7.55. The molecule has 2 aromatic carbocycles. The summed E-state index contributed by atoms with van der Waals surface area (Å²) in [7, 11) is -2.43. The lowest BCUT2D eigenvalue weighted by molar-refractivity contribution is -0.116. The number of ether oxygens (including phenoxy) is 1. The van der Waals surface area contributed by atoms with Gasteiger partial charge in [0.05, 0.1) is 29.3 Å². The van der Waals surface area contributed by atoms with Gasteiger partial charge in [-0.25, -0.2) is 8.42 Å². The van der Waals surface area contributed by atoms with Gasteiger partial charge in [-0.05, 0) is 36.6 Å². The van der Waals surface area contributed by atoms with Crippen LogP contribution in [0.4, 0.5) is 5.69 Å². The van der Waals surface area contributed by atoms with Gasteiger partial charge < -0.3 is 10.1 Å². The molecule has 1 amide bonds. The number of nitrogens with one attached hydrogen (secondary N) is 1. The number of para-hydroxylation sites is 1. The summed E-state index contributed by atoms with van der Waals surface area (Å²) in [6.07, 6.45) is 1.90. The number of rotatable bonds is 8. The molecular weight excluding hydrogens is 408 g/mol. The molecular formula is C18H21ClN2O4S2. The molecule has 0 saturated heterocycles. The van der Waals surface area contributed by atoms with E-state index in [1.165, 1.54) is 37.1 Å². The van der Waals surface area contributed by atoms with Gasteiger partial charge in [-0.1, -0.05) is 30.7 Å². The minimum atomic E-state index is -3.87. The van der Waals surface area contributed by atoms with Crippen LogP contribution in [0.5, 0.6) is 5.75 Å². The number of nitrogens with zero attached hydrogens (tertiary/aromatic N) is 1. The van der Waals surface area contributed by atoms with Gasteiger partial charge in [-0.3, -0.25) is 4.79 Å². The molecule has 9 heteroatoms. The topological polar surface area (TPSA) is 75.7 Å². The fraction of sp³-hybridized carbons (Fsp3) is 0.278. The van der Waals surface area contributed by atoms with Gasteiger partial charge in [0.25, 0.3) is 0 Å². The van der Waals surface area contributed by atoms with Gasteiger partial charge in [-0.15, -0.1) is 11.8 Å². The Labute approximate surface area is 168 Å². The van der Waals surface area contributed by atoms with Crippen molar-refractivity contribution in [2.75, 3.05) is 31.8 Å². The van der Waals surface area contributed by atoms with Crippen LogP contribution in [0.25, 0.3) is 0 Å². The minimum absolute atomic E-state index is 0.00691. The Morgan fingerprint density at radius 3 is 2.56 bits per heavy atom. The van der Waals surface area contributed by atoms with Gasteiger partial charge in [-0.2, -0.15) is 4.31 Å². The summed E-state index contributed by atoms with van der Waals surface area (Å²) in [6, 6.07) is 11.5. The average molecular weight is 429 g/mol. The summed E-state index contributed by atoms with van der Waals surface area (Å²) in [5.74, 6) is -0.0355. The summed E-state index contributed by atoms with van der Waals surface area (Å²) in [6.45, 7) is 1.51. The number of anilines is 1. The third kappa shape index (κ3) is 5.16. The van der Waals surface area contributed by atoms with E-state index in [9.17, 15) is 13.2 Å². The molecule has 0 aliphatic rings. The maximum Gasteiger partial charge on any atom is 0.243 e. The lowest BCUT2D eigenvalue weighted by Crippen LogP contribution is -2.37. The first-order valence-corrected chi connectivity index (χ1v) is 11.1. The smallest absolute Gasteiger partial charge is 0.243 e. The Bertz CT molecular complexity index is 919. The number of halogens is 1. The SMILES string of the molecule is CCN(CC(=O)Nc1ccccc1SC)S(=O)(=O)c1ccc(OC)c(Cl)c1. The van der Waals surface area contributed by atoms with E-state index in [0.717, 1.165) is 9.20 Å². The highest BCUT2D eigenvalue weighted by molar-refractivity contribution is 7.98. The average Bonchev–Trinajstić information content (AvgIpc) is 2.66. The highest BCUT2D eigenvalue weighted by atomic mass is 35.5. The van der Waals surface area contributed by atoms with Crippen LogP contribution in [0, 0.1) is 0 Å². The molecule has 0 unspecified atom stereocenters. The third-order valence-corrected chi connectivity index (χ3v) is 6.82. The second kappa shape index (κ2) is 9.45. The zero-order valence-corrected chi connectivity index (χ0v) is 17.6. The van der Waals surface area contributed by atoms with Gasteiger partial charge >= 0.3 is 0 Å².